The van der Waals surface area contributed by atoms with E-state index in [1.54, 1.807) is 16.8 Å². The highest BCUT2D eigenvalue weighted by Gasteiger charge is 2.45. The largest absolute Gasteiger partial charge is 0.481 e. The first-order valence-corrected chi connectivity index (χ1v) is 8.76. The van der Waals surface area contributed by atoms with Gasteiger partial charge in [-0.2, -0.15) is 0 Å². The van der Waals surface area contributed by atoms with Gasteiger partial charge in [0.25, 0.3) is 0 Å². The summed E-state index contributed by atoms with van der Waals surface area (Å²) in [4.78, 5) is 40.3. The molecule has 7 nitrogen and oxygen atoms in total. The normalized spacial score (nSPS) is 27.5. The summed E-state index contributed by atoms with van der Waals surface area (Å²) in [6, 6.07) is 3.61. The number of morpholine rings is 1. The number of ether oxygens (including phenoxy) is 1. The molecule has 0 aromatic carbocycles. The summed E-state index contributed by atoms with van der Waals surface area (Å²) >= 11 is 1.54. The molecule has 2 saturated heterocycles. The van der Waals surface area contributed by atoms with Crippen molar-refractivity contribution in [1.29, 1.82) is 0 Å². The zero-order valence-corrected chi connectivity index (χ0v) is 14.2. The van der Waals surface area contributed by atoms with Crippen LogP contribution in [0.4, 0.5) is 0 Å². The third kappa shape index (κ3) is 3.29. The number of amides is 2. The molecule has 0 radical (unpaired) electrons. The summed E-state index contributed by atoms with van der Waals surface area (Å²) in [6.45, 7) is 1.01. The van der Waals surface area contributed by atoms with Gasteiger partial charge in [-0.05, 0) is 11.4 Å². The molecule has 1 aromatic rings. The number of nitrogens with zero attached hydrogens (tertiary/aromatic N) is 2. The maximum Gasteiger partial charge on any atom is 0.306 e. The van der Waals surface area contributed by atoms with Crippen LogP contribution in [-0.2, 0) is 19.1 Å². The Hall–Kier alpha value is -1.93. The summed E-state index contributed by atoms with van der Waals surface area (Å²) in [5.74, 6) is -1.50. The highest BCUT2D eigenvalue weighted by molar-refractivity contribution is 7.10. The SMILES string of the molecule is CN1C(=O)CC(C(=O)N2CCOC(CC(=O)O)C2)C1c1cccs1. The Morgan fingerprint density at radius 1 is 1.46 bits per heavy atom. The second-order valence-corrected chi connectivity index (χ2v) is 7.13. The minimum atomic E-state index is -0.943. The van der Waals surface area contributed by atoms with Crippen LogP contribution in [0.5, 0.6) is 0 Å². The Labute approximate surface area is 143 Å². The number of aliphatic carboxylic acids is 1. The Balaban J connectivity index is 1.75. The van der Waals surface area contributed by atoms with Crippen LogP contribution in [0.25, 0.3) is 0 Å². The van der Waals surface area contributed by atoms with Crippen LogP contribution in [0.1, 0.15) is 23.8 Å². The zero-order chi connectivity index (χ0) is 17.3. The van der Waals surface area contributed by atoms with Crippen LogP contribution in [0.2, 0.25) is 0 Å². The Bertz CT molecular complexity index is 632. The van der Waals surface area contributed by atoms with Gasteiger partial charge in [-0.1, -0.05) is 6.07 Å². The molecule has 3 atom stereocenters. The second-order valence-electron chi connectivity index (χ2n) is 6.15. The third-order valence-electron chi connectivity index (χ3n) is 4.59. The molecule has 3 rings (SSSR count). The maximum absolute atomic E-state index is 13.0. The molecule has 0 spiro atoms. The fraction of sp³-hybridized carbons (Fsp3) is 0.562. The van der Waals surface area contributed by atoms with E-state index in [0.29, 0.717) is 13.2 Å². The molecule has 1 aromatic heterocycles. The number of thiophene rings is 1. The van der Waals surface area contributed by atoms with E-state index in [9.17, 15) is 14.4 Å². The average molecular weight is 352 g/mol. The molecule has 130 valence electrons. The number of carbonyl (C=O) groups is 3. The molecule has 2 fully saturated rings. The van der Waals surface area contributed by atoms with E-state index < -0.39 is 18.0 Å². The van der Waals surface area contributed by atoms with Gasteiger partial charge in [0, 0.05) is 31.4 Å². The Kier molecular flexibility index (Phi) is 4.86. The van der Waals surface area contributed by atoms with Crippen molar-refractivity contribution in [1.82, 2.24) is 9.80 Å². The lowest BCUT2D eigenvalue weighted by atomic mass is 9.96. The van der Waals surface area contributed by atoms with Gasteiger partial charge >= 0.3 is 5.97 Å². The monoisotopic (exact) mass is 352 g/mol. The highest BCUT2D eigenvalue weighted by Crippen LogP contribution is 2.40. The molecule has 2 aliphatic heterocycles. The molecule has 0 saturated carbocycles. The highest BCUT2D eigenvalue weighted by atomic mass is 32.1. The predicted molar refractivity (Wildman–Crippen MR) is 86.5 cm³/mol. The molecular weight excluding hydrogens is 332 g/mol. The van der Waals surface area contributed by atoms with Crippen molar-refractivity contribution in [2.45, 2.75) is 25.0 Å². The van der Waals surface area contributed by atoms with Gasteiger partial charge in [0.2, 0.25) is 11.8 Å². The van der Waals surface area contributed by atoms with E-state index in [1.807, 2.05) is 17.5 Å². The summed E-state index contributed by atoms with van der Waals surface area (Å²) in [5.41, 5.74) is 0. The maximum atomic E-state index is 13.0. The molecule has 3 unspecified atom stereocenters. The minimum absolute atomic E-state index is 0.0397. The lowest BCUT2D eigenvalue weighted by molar-refractivity contribution is -0.150. The number of hydrogen-bond donors (Lipinski definition) is 1. The summed E-state index contributed by atoms with van der Waals surface area (Å²) in [6.07, 6.45) is -0.421. The lowest BCUT2D eigenvalue weighted by Crippen LogP contribution is -2.49. The Morgan fingerprint density at radius 3 is 2.92 bits per heavy atom. The number of hydrogen-bond acceptors (Lipinski definition) is 5. The third-order valence-corrected chi connectivity index (χ3v) is 5.53. The lowest BCUT2D eigenvalue weighted by Gasteiger charge is -2.35. The van der Waals surface area contributed by atoms with E-state index in [0.717, 1.165) is 4.88 Å². The van der Waals surface area contributed by atoms with Crippen LogP contribution in [0.15, 0.2) is 17.5 Å². The molecule has 0 aliphatic carbocycles. The van der Waals surface area contributed by atoms with Crippen molar-refractivity contribution in [2.75, 3.05) is 26.7 Å². The fourth-order valence-corrected chi connectivity index (χ4v) is 4.35. The van der Waals surface area contributed by atoms with Gasteiger partial charge in [0.05, 0.1) is 31.1 Å². The first kappa shape index (κ1) is 16.9. The molecule has 0 bridgehead atoms. The first-order chi connectivity index (χ1) is 11.5. The van der Waals surface area contributed by atoms with Crippen molar-refractivity contribution in [3.05, 3.63) is 22.4 Å². The molecule has 3 heterocycles. The van der Waals surface area contributed by atoms with E-state index in [4.69, 9.17) is 9.84 Å². The number of carbonyl (C=O) groups excluding carboxylic acids is 2. The zero-order valence-electron chi connectivity index (χ0n) is 13.4. The summed E-state index contributed by atoms with van der Waals surface area (Å²) in [5, 5.41) is 10.8. The van der Waals surface area contributed by atoms with Crippen molar-refractivity contribution < 1.29 is 24.2 Å². The number of rotatable bonds is 4. The number of carboxylic acid groups (broad SMARTS) is 1. The van der Waals surface area contributed by atoms with Crippen molar-refractivity contribution in [3.8, 4) is 0 Å². The van der Waals surface area contributed by atoms with Crippen LogP contribution >= 0.6 is 11.3 Å². The van der Waals surface area contributed by atoms with E-state index in [2.05, 4.69) is 0 Å². The van der Waals surface area contributed by atoms with Crippen molar-refractivity contribution >= 4 is 29.1 Å². The molecule has 2 aliphatic rings. The van der Waals surface area contributed by atoms with Crippen LogP contribution < -0.4 is 0 Å². The molecule has 8 heteroatoms. The van der Waals surface area contributed by atoms with Gasteiger partial charge in [0.15, 0.2) is 0 Å². The van der Waals surface area contributed by atoms with Crippen LogP contribution in [-0.4, -0.2) is 65.5 Å². The second kappa shape index (κ2) is 6.90. The van der Waals surface area contributed by atoms with E-state index in [-0.39, 0.29) is 37.2 Å². The van der Waals surface area contributed by atoms with Crippen LogP contribution in [0.3, 0.4) is 0 Å². The van der Waals surface area contributed by atoms with Gasteiger partial charge in [-0.25, -0.2) is 0 Å². The Morgan fingerprint density at radius 2 is 2.25 bits per heavy atom. The number of likely N-dealkylation sites (tertiary alicyclic amines) is 1. The summed E-state index contributed by atoms with van der Waals surface area (Å²) in [7, 11) is 1.73. The fourth-order valence-electron chi connectivity index (χ4n) is 3.41. The minimum Gasteiger partial charge on any atom is -0.481 e. The molecule has 1 N–H and O–H groups in total. The molecule has 24 heavy (non-hydrogen) atoms. The van der Waals surface area contributed by atoms with Crippen LogP contribution in [0, 0.1) is 5.92 Å². The van der Waals surface area contributed by atoms with Gasteiger partial charge < -0.3 is 19.6 Å². The van der Waals surface area contributed by atoms with Crippen molar-refractivity contribution in [3.63, 3.8) is 0 Å². The van der Waals surface area contributed by atoms with E-state index >= 15 is 0 Å². The van der Waals surface area contributed by atoms with Gasteiger partial charge in [0.1, 0.15) is 0 Å². The smallest absolute Gasteiger partial charge is 0.306 e. The first-order valence-electron chi connectivity index (χ1n) is 7.88. The van der Waals surface area contributed by atoms with Crippen molar-refractivity contribution in [2.24, 2.45) is 5.92 Å². The average Bonchev–Trinajstić information content (AvgIpc) is 3.15. The quantitative estimate of drug-likeness (QED) is 0.872. The van der Waals surface area contributed by atoms with Gasteiger partial charge in [-0.15, -0.1) is 11.3 Å². The standard InChI is InChI=1S/C16H20N2O5S/c1-17-13(19)8-11(15(17)12-3-2-6-24-12)16(22)18-4-5-23-10(9-18)7-14(20)21/h2-3,6,10-11,15H,4-5,7-9H2,1H3,(H,20,21). The predicted octanol–water partition coefficient (Wildman–Crippen LogP) is 0.970. The van der Waals surface area contributed by atoms with E-state index in [1.165, 1.54) is 11.3 Å². The molecule has 2 amide bonds. The van der Waals surface area contributed by atoms with Gasteiger partial charge in [-0.3, -0.25) is 14.4 Å². The topological polar surface area (TPSA) is 87.2 Å². The summed E-state index contributed by atoms with van der Waals surface area (Å²) < 4.78 is 5.42. The number of carboxylic acids is 1. The molecular formula is C16H20N2O5S.